The first-order valence-corrected chi connectivity index (χ1v) is 11.0. The molecule has 8 nitrogen and oxygen atoms in total. The van der Waals surface area contributed by atoms with Gasteiger partial charge in [-0.3, -0.25) is 14.9 Å². The van der Waals surface area contributed by atoms with Gasteiger partial charge in [0.1, 0.15) is 11.6 Å². The van der Waals surface area contributed by atoms with Crippen LogP contribution in [-0.2, 0) is 10.0 Å². The van der Waals surface area contributed by atoms with Crippen LogP contribution in [0, 0.1) is 15.9 Å². The van der Waals surface area contributed by atoms with Crippen molar-refractivity contribution in [3.63, 3.8) is 0 Å². The molecule has 0 heterocycles. The van der Waals surface area contributed by atoms with Gasteiger partial charge < -0.3 is 4.74 Å². The van der Waals surface area contributed by atoms with Gasteiger partial charge in [0.05, 0.1) is 9.82 Å². The first-order chi connectivity index (χ1) is 15.6. The van der Waals surface area contributed by atoms with Crippen molar-refractivity contribution in [1.82, 2.24) is 4.31 Å². The van der Waals surface area contributed by atoms with Crippen molar-refractivity contribution in [3.8, 4) is 11.5 Å². The van der Waals surface area contributed by atoms with Gasteiger partial charge in [0.15, 0.2) is 5.78 Å². The second-order valence-corrected chi connectivity index (χ2v) is 9.20. The summed E-state index contributed by atoms with van der Waals surface area (Å²) in [6.07, 6.45) is 2.64. The lowest BCUT2D eigenvalue weighted by Gasteiger charge is -2.11. The summed E-state index contributed by atoms with van der Waals surface area (Å²) in [6, 6.07) is 14.7. The third-order valence-corrected chi connectivity index (χ3v) is 6.40. The van der Waals surface area contributed by atoms with Crippen molar-refractivity contribution < 1.29 is 27.3 Å². The van der Waals surface area contributed by atoms with Crippen molar-refractivity contribution in [2.75, 3.05) is 14.1 Å². The lowest BCUT2D eigenvalue weighted by molar-refractivity contribution is -0.385. The number of hydrogen-bond donors (Lipinski definition) is 0. The van der Waals surface area contributed by atoms with Crippen LogP contribution in [0.4, 0.5) is 10.1 Å². The molecule has 0 fully saturated rings. The monoisotopic (exact) mass is 470 g/mol. The fourth-order valence-electron chi connectivity index (χ4n) is 2.77. The van der Waals surface area contributed by atoms with Crippen LogP contribution in [0.15, 0.2) is 77.7 Å². The van der Waals surface area contributed by atoms with Gasteiger partial charge in [-0.1, -0.05) is 12.1 Å². The Balaban J connectivity index is 1.79. The molecule has 3 rings (SSSR count). The van der Waals surface area contributed by atoms with Gasteiger partial charge in [0.25, 0.3) is 0 Å². The van der Waals surface area contributed by atoms with E-state index in [-0.39, 0.29) is 27.6 Å². The Kier molecular flexibility index (Phi) is 7.00. The van der Waals surface area contributed by atoms with Crippen LogP contribution in [0.1, 0.15) is 15.9 Å². The molecule has 0 spiro atoms. The molecule has 0 aliphatic heterocycles. The number of sulfonamides is 1. The Morgan fingerprint density at radius 3 is 2.24 bits per heavy atom. The van der Waals surface area contributed by atoms with E-state index in [2.05, 4.69) is 0 Å². The van der Waals surface area contributed by atoms with E-state index in [0.717, 1.165) is 4.31 Å². The summed E-state index contributed by atoms with van der Waals surface area (Å²) in [6.45, 7) is 0. The molecule has 0 amide bonds. The van der Waals surface area contributed by atoms with Crippen molar-refractivity contribution >= 4 is 27.6 Å². The molecule has 3 aromatic carbocycles. The number of benzene rings is 3. The molecule has 0 saturated carbocycles. The van der Waals surface area contributed by atoms with Gasteiger partial charge in [-0.15, -0.1) is 0 Å². The fourth-order valence-corrected chi connectivity index (χ4v) is 3.67. The van der Waals surface area contributed by atoms with Crippen LogP contribution in [0.5, 0.6) is 11.5 Å². The predicted molar refractivity (Wildman–Crippen MR) is 120 cm³/mol. The van der Waals surface area contributed by atoms with Crippen molar-refractivity contribution in [2.45, 2.75) is 4.90 Å². The minimum absolute atomic E-state index is 0.0345. The average molecular weight is 470 g/mol. The zero-order valence-corrected chi connectivity index (χ0v) is 18.5. The zero-order valence-electron chi connectivity index (χ0n) is 17.6. The lowest BCUT2D eigenvalue weighted by Crippen LogP contribution is -2.22. The maximum atomic E-state index is 13.0. The van der Waals surface area contributed by atoms with Crippen molar-refractivity contribution in [2.24, 2.45) is 0 Å². The summed E-state index contributed by atoms with van der Waals surface area (Å²) in [5.41, 5.74) is 0.315. The molecule has 0 radical (unpaired) electrons. The lowest BCUT2D eigenvalue weighted by atomic mass is 10.1. The fraction of sp³-hybridized carbons (Fsp3) is 0.0870. The van der Waals surface area contributed by atoms with Gasteiger partial charge in [-0.2, -0.15) is 0 Å². The molecule has 10 heteroatoms. The Hall–Kier alpha value is -3.89. The highest BCUT2D eigenvalue weighted by Crippen LogP contribution is 2.32. The van der Waals surface area contributed by atoms with E-state index in [1.807, 2.05) is 0 Å². The molecule has 33 heavy (non-hydrogen) atoms. The molecule has 0 saturated heterocycles. The number of allylic oxidation sites excluding steroid dienone is 1. The molecule has 3 aromatic rings. The first-order valence-electron chi connectivity index (χ1n) is 9.55. The summed E-state index contributed by atoms with van der Waals surface area (Å²) < 4.78 is 43.8. The summed E-state index contributed by atoms with van der Waals surface area (Å²) in [5, 5.41) is 11.5. The second kappa shape index (κ2) is 9.72. The van der Waals surface area contributed by atoms with E-state index >= 15 is 0 Å². The van der Waals surface area contributed by atoms with Crippen molar-refractivity contribution in [1.29, 1.82) is 0 Å². The van der Waals surface area contributed by atoms with Crippen LogP contribution in [0.3, 0.4) is 0 Å². The molecule has 0 aliphatic rings. The molecule has 0 N–H and O–H groups in total. The Bertz CT molecular complexity index is 1320. The standard InChI is InChI=1S/C23H19FN2O6S/c1-25(2)33(30,31)20-11-5-17(6-12-20)22(27)13-3-16-4-14-23(21(15-16)26(28)29)32-19-9-7-18(24)8-10-19/h3-15H,1-2H3. The molecular formula is C23H19FN2O6S. The van der Waals surface area contributed by atoms with E-state index in [9.17, 15) is 27.7 Å². The van der Waals surface area contributed by atoms with Crippen LogP contribution < -0.4 is 4.74 Å². The van der Waals surface area contributed by atoms with Crippen LogP contribution in [0.25, 0.3) is 6.08 Å². The third kappa shape index (κ3) is 5.68. The predicted octanol–water partition coefficient (Wildman–Crippen LogP) is 4.67. The van der Waals surface area contributed by atoms with E-state index in [0.29, 0.717) is 5.56 Å². The Labute approximate surface area is 189 Å². The van der Waals surface area contributed by atoms with Crippen molar-refractivity contribution in [3.05, 3.63) is 99.9 Å². The highest BCUT2D eigenvalue weighted by atomic mass is 32.2. The number of ketones is 1. The van der Waals surface area contributed by atoms with Crippen LogP contribution >= 0.6 is 0 Å². The average Bonchev–Trinajstić information content (AvgIpc) is 2.79. The first kappa shape index (κ1) is 23.8. The Morgan fingerprint density at radius 1 is 1.03 bits per heavy atom. The Morgan fingerprint density at radius 2 is 1.67 bits per heavy atom. The van der Waals surface area contributed by atoms with Gasteiger partial charge in [0, 0.05) is 25.7 Å². The minimum Gasteiger partial charge on any atom is -0.450 e. The maximum absolute atomic E-state index is 13.0. The molecule has 0 bridgehead atoms. The van der Waals surface area contributed by atoms with E-state index in [4.69, 9.17) is 4.74 Å². The van der Waals surface area contributed by atoms with Crippen LogP contribution in [-0.4, -0.2) is 37.5 Å². The molecule has 0 unspecified atom stereocenters. The highest BCUT2D eigenvalue weighted by Gasteiger charge is 2.18. The highest BCUT2D eigenvalue weighted by molar-refractivity contribution is 7.89. The number of hydrogen-bond acceptors (Lipinski definition) is 6. The summed E-state index contributed by atoms with van der Waals surface area (Å²) in [7, 11) is -0.789. The number of nitro benzene ring substituents is 1. The molecule has 0 aromatic heterocycles. The number of halogens is 1. The second-order valence-electron chi connectivity index (χ2n) is 7.05. The molecule has 0 atom stereocenters. The number of ether oxygens (including phenoxy) is 1. The SMILES string of the molecule is CN(C)S(=O)(=O)c1ccc(C(=O)C=Cc2ccc(Oc3ccc(F)cc3)c([N+](=O)[O-])c2)cc1. The number of nitrogens with zero attached hydrogens (tertiary/aromatic N) is 2. The number of carbonyl (C=O) groups excluding carboxylic acids is 1. The van der Waals surface area contributed by atoms with Gasteiger partial charge in [-0.05, 0) is 66.2 Å². The van der Waals surface area contributed by atoms with E-state index in [1.165, 1.54) is 93.0 Å². The number of rotatable bonds is 8. The molecular weight excluding hydrogens is 451 g/mol. The normalized spacial score (nSPS) is 11.6. The van der Waals surface area contributed by atoms with E-state index in [1.54, 1.807) is 0 Å². The zero-order chi connectivity index (χ0) is 24.2. The largest absolute Gasteiger partial charge is 0.450 e. The van der Waals surface area contributed by atoms with E-state index < -0.39 is 26.5 Å². The topological polar surface area (TPSA) is 107 Å². The van der Waals surface area contributed by atoms with Gasteiger partial charge in [0.2, 0.25) is 15.8 Å². The summed E-state index contributed by atoms with van der Waals surface area (Å²) in [5.74, 6) is -0.667. The van der Waals surface area contributed by atoms with Crippen LogP contribution in [0.2, 0.25) is 0 Å². The minimum atomic E-state index is -3.61. The van der Waals surface area contributed by atoms with Gasteiger partial charge >= 0.3 is 5.69 Å². The molecule has 170 valence electrons. The summed E-state index contributed by atoms with van der Waals surface area (Å²) in [4.78, 5) is 23.3. The number of carbonyl (C=O) groups is 1. The third-order valence-electron chi connectivity index (χ3n) is 4.57. The van der Waals surface area contributed by atoms with Gasteiger partial charge in [-0.25, -0.2) is 17.1 Å². The smallest absolute Gasteiger partial charge is 0.312 e. The summed E-state index contributed by atoms with van der Waals surface area (Å²) >= 11 is 0. The molecule has 0 aliphatic carbocycles. The quantitative estimate of drug-likeness (QED) is 0.205. The maximum Gasteiger partial charge on any atom is 0.312 e. The number of nitro groups is 1.